The van der Waals surface area contributed by atoms with Crippen LogP contribution in [0.4, 0.5) is 14.9 Å². The van der Waals surface area contributed by atoms with Gasteiger partial charge in [-0.05, 0) is 66.9 Å². The molecule has 3 amide bonds. The third kappa shape index (κ3) is 9.77. The molecular formula is C29H29FN6O5. The summed E-state index contributed by atoms with van der Waals surface area (Å²) >= 11 is 0. The number of halogens is 1. The van der Waals surface area contributed by atoms with E-state index in [1.807, 2.05) is 30.3 Å². The molecule has 0 radical (unpaired) electrons. The molecule has 0 unspecified atom stereocenters. The minimum absolute atomic E-state index is 0.108. The lowest BCUT2D eigenvalue weighted by atomic mass is 10.1. The molecule has 1 aromatic heterocycles. The van der Waals surface area contributed by atoms with Gasteiger partial charge in [-0.2, -0.15) is 5.10 Å². The van der Waals surface area contributed by atoms with E-state index in [1.165, 1.54) is 41.6 Å². The smallest absolute Gasteiger partial charge is 0.407 e. The number of hydrogen-bond acceptors (Lipinski definition) is 7. The highest BCUT2D eigenvalue weighted by atomic mass is 19.1. The highest BCUT2D eigenvalue weighted by molar-refractivity contribution is 5.97. The average molecular weight is 561 g/mol. The Hall–Kier alpha value is -5.26. The standard InChI is InChI=1S/C29H29FN6O5/c30-22-8-12-24(13-9-22)41-25-14-10-23(11-15-25)34-28(38)26(35-27(37)17-36-20-31-19-33-36)7-4-16-32-29(39)40-18-21-5-2-1-3-6-21/h1-3,5-6,8-15,19-20,26H,4,7,16-18H2,(H,32,39)(H,34,38)(H,35,37)/t26-/m0/s1. The van der Waals surface area contributed by atoms with Gasteiger partial charge >= 0.3 is 6.09 Å². The molecule has 0 saturated carbocycles. The van der Waals surface area contributed by atoms with Crippen LogP contribution in [0.25, 0.3) is 0 Å². The zero-order valence-electron chi connectivity index (χ0n) is 22.0. The highest BCUT2D eigenvalue weighted by Gasteiger charge is 2.21. The predicted molar refractivity (Wildman–Crippen MR) is 147 cm³/mol. The maximum atomic E-state index is 13.1. The largest absolute Gasteiger partial charge is 0.457 e. The summed E-state index contributed by atoms with van der Waals surface area (Å²) in [6, 6.07) is 20.6. The number of rotatable bonds is 13. The van der Waals surface area contributed by atoms with Crippen molar-refractivity contribution in [3.8, 4) is 11.5 Å². The minimum Gasteiger partial charge on any atom is -0.457 e. The first-order chi connectivity index (χ1) is 19.9. The van der Waals surface area contributed by atoms with Gasteiger partial charge in [-0.1, -0.05) is 30.3 Å². The van der Waals surface area contributed by atoms with Crippen LogP contribution in [0, 0.1) is 5.82 Å². The Bertz CT molecular complexity index is 1400. The van der Waals surface area contributed by atoms with Gasteiger partial charge in [-0.25, -0.2) is 18.9 Å². The fourth-order valence-electron chi connectivity index (χ4n) is 3.72. The molecule has 0 bridgehead atoms. The lowest BCUT2D eigenvalue weighted by Crippen LogP contribution is -2.45. The predicted octanol–water partition coefficient (Wildman–Crippen LogP) is 4.04. The van der Waals surface area contributed by atoms with Gasteiger partial charge in [0.1, 0.15) is 49.2 Å². The van der Waals surface area contributed by atoms with E-state index < -0.39 is 23.9 Å². The summed E-state index contributed by atoms with van der Waals surface area (Å²) in [5, 5.41) is 12.1. The molecule has 0 aliphatic heterocycles. The summed E-state index contributed by atoms with van der Waals surface area (Å²) in [6.07, 6.45) is 2.78. The fraction of sp³-hybridized carbons (Fsp3) is 0.207. The van der Waals surface area contributed by atoms with E-state index in [-0.39, 0.29) is 31.9 Å². The van der Waals surface area contributed by atoms with Crippen LogP contribution in [-0.2, 0) is 27.5 Å². The summed E-state index contributed by atoms with van der Waals surface area (Å²) < 4.78 is 25.3. The van der Waals surface area contributed by atoms with E-state index >= 15 is 0 Å². The second-order valence-corrected chi connectivity index (χ2v) is 8.91. The molecule has 1 atom stereocenters. The van der Waals surface area contributed by atoms with Gasteiger partial charge in [-0.15, -0.1) is 0 Å². The molecule has 0 fully saturated rings. The zero-order chi connectivity index (χ0) is 28.9. The maximum absolute atomic E-state index is 13.1. The summed E-state index contributed by atoms with van der Waals surface area (Å²) in [4.78, 5) is 41.5. The number of nitrogens with zero attached hydrogens (tertiary/aromatic N) is 3. The normalized spacial score (nSPS) is 11.2. The van der Waals surface area contributed by atoms with Crippen LogP contribution in [0.15, 0.2) is 91.5 Å². The second-order valence-electron chi connectivity index (χ2n) is 8.91. The molecule has 4 rings (SSSR count). The quantitative estimate of drug-likeness (QED) is 0.210. The van der Waals surface area contributed by atoms with Gasteiger partial charge in [0.15, 0.2) is 0 Å². The monoisotopic (exact) mass is 560 g/mol. The summed E-state index contributed by atoms with van der Waals surface area (Å²) in [6.45, 7) is 0.277. The van der Waals surface area contributed by atoms with Crippen molar-refractivity contribution in [1.82, 2.24) is 25.4 Å². The number of nitrogens with one attached hydrogen (secondary N) is 3. The number of hydrogen-bond donors (Lipinski definition) is 3. The molecular weight excluding hydrogens is 531 g/mol. The van der Waals surface area contributed by atoms with Crippen LogP contribution < -0.4 is 20.7 Å². The molecule has 1 heterocycles. The number of ether oxygens (including phenoxy) is 2. The van der Waals surface area contributed by atoms with Crippen LogP contribution in [0.3, 0.4) is 0 Å². The van der Waals surface area contributed by atoms with Crippen molar-refractivity contribution < 1.29 is 28.2 Å². The van der Waals surface area contributed by atoms with Crippen molar-refractivity contribution in [2.24, 2.45) is 0 Å². The SMILES string of the molecule is O=C(Cn1cncn1)N[C@@H](CCCNC(=O)OCc1ccccc1)C(=O)Nc1ccc(Oc2ccc(F)cc2)cc1. The Balaban J connectivity index is 1.29. The van der Waals surface area contributed by atoms with Crippen LogP contribution in [-0.4, -0.2) is 45.3 Å². The van der Waals surface area contributed by atoms with Crippen LogP contribution in [0.2, 0.25) is 0 Å². The number of anilines is 1. The van der Waals surface area contributed by atoms with Crippen LogP contribution >= 0.6 is 0 Å². The average Bonchev–Trinajstić information content (AvgIpc) is 3.49. The number of carbonyl (C=O) groups excluding carboxylic acids is 3. The van der Waals surface area contributed by atoms with E-state index in [9.17, 15) is 18.8 Å². The van der Waals surface area contributed by atoms with Crippen molar-refractivity contribution in [1.29, 1.82) is 0 Å². The summed E-state index contributed by atoms with van der Waals surface area (Å²) in [7, 11) is 0. The van der Waals surface area contributed by atoms with Crippen molar-refractivity contribution in [2.45, 2.75) is 32.0 Å². The maximum Gasteiger partial charge on any atom is 0.407 e. The molecule has 41 heavy (non-hydrogen) atoms. The topological polar surface area (TPSA) is 136 Å². The number of amides is 3. The van der Waals surface area contributed by atoms with E-state index in [0.29, 0.717) is 23.6 Å². The molecule has 11 nitrogen and oxygen atoms in total. The van der Waals surface area contributed by atoms with Crippen molar-refractivity contribution in [2.75, 3.05) is 11.9 Å². The summed E-state index contributed by atoms with van der Waals surface area (Å²) in [5.74, 6) is -0.254. The first-order valence-electron chi connectivity index (χ1n) is 12.9. The number of carbonyl (C=O) groups is 3. The Morgan fingerprint density at radius 1 is 0.927 bits per heavy atom. The first-order valence-corrected chi connectivity index (χ1v) is 12.9. The van der Waals surface area contributed by atoms with E-state index in [2.05, 4.69) is 26.0 Å². The third-order valence-electron chi connectivity index (χ3n) is 5.75. The van der Waals surface area contributed by atoms with Gasteiger partial charge in [0.25, 0.3) is 0 Å². The molecule has 0 saturated heterocycles. The molecule has 0 spiro atoms. The number of benzene rings is 3. The molecule has 12 heteroatoms. The fourth-order valence-corrected chi connectivity index (χ4v) is 3.72. The van der Waals surface area contributed by atoms with Gasteiger partial charge in [0, 0.05) is 12.2 Å². The lowest BCUT2D eigenvalue weighted by molar-refractivity contribution is -0.127. The van der Waals surface area contributed by atoms with Gasteiger partial charge in [-0.3, -0.25) is 9.59 Å². The molecule has 3 N–H and O–H groups in total. The Morgan fingerprint density at radius 3 is 2.32 bits per heavy atom. The summed E-state index contributed by atoms with van der Waals surface area (Å²) in [5.41, 5.74) is 1.35. The first kappa shape index (κ1) is 28.7. The Labute approximate surface area is 235 Å². The van der Waals surface area contributed by atoms with Crippen molar-refractivity contribution in [3.05, 3.63) is 103 Å². The van der Waals surface area contributed by atoms with E-state index in [4.69, 9.17) is 9.47 Å². The molecule has 0 aliphatic rings. The van der Waals surface area contributed by atoms with E-state index in [1.54, 1.807) is 24.3 Å². The highest BCUT2D eigenvalue weighted by Crippen LogP contribution is 2.23. The second kappa shape index (κ2) is 14.8. The lowest BCUT2D eigenvalue weighted by Gasteiger charge is -2.19. The van der Waals surface area contributed by atoms with Crippen LogP contribution in [0.1, 0.15) is 18.4 Å². The molecule has 3 aromatic carbocycles. The number of aromatic nitrogens is 3. The van der Waals surface area contributed by atoms with Gasteiger partial charge < -0.3 is 25.4 Å². The van der Waals surface area contributed by atoms with Crippen molar-refractivity contribution >= 4 is 23.6 Å². The molecule has 0 aliphatic carbocycles. The van der Waals surface area contributed by atoms with Gasteiger partial charge in [0.2, 0.25) is 11.8 Å². The minimum atomic E-state index is -0.886. The van der Waals surface area contributed by atoms with Crippen LogP contribution in [0.5, 0.6) is 11.5 Å². The molecule has 4 aromatic rings. The third-order valence-corrected chi connectivity index (χ3v) is 5.75. The van der Waals surface area contributed by atoms with Crippen molar-refractivity contribution in [3.63, 3.8) is 0 Å². The molecule has 212 valence electrons. The Kier molecular flexibility index (Phi) is 10.4. The zero-order valence-corrected chi connectivity index (χ0v) is 22.0. The number of alkyl carbamates (subject to hydrolysis) is 1. The Morgan fingerprint density at radius 2 is 1.63 bits per heavy atom. The van der Waals surface area contributed by atoms with Gasteiger partial charge in [0.05, 0.1) is 0 Å². The van der Waals surface area contributed by atoms with E-state index in [0.717, 1.165) is 5.56 Å².